The Morgan fingerprint density at radius 3 is 2.69 bits per heavy atom. The van der Waals surface area contributed by atoms with E-state index in [1.807, 2.05) is 0 Å². The van der Waals surface area contributed by atoms with E-state index in [-0.39, 0.29) is 11.9 Å². The van der Waals surface area contributed by atoms with Gasteiger partial charge < -0.3 is 5.32 Å². The molecule has 0 aliphatic heterocycles. The minimum absolute atomic E-state index is 0.117. The van der Waals surface area contributed by atoms with E-state index < -0.39 is 0 Å². The quantitative estimate of drug-likeness (QED) is 0.838. The summed E-state index contributed by atoms with van der Waals surface area (Å²) in [5, 5.41) is 6.72. The van der Waals surface area contributed by atoms with Gasteiger partial charge in [-0.05, 0) is 31.3 Å². The van der Waals surface area contributed by atoms with Gasteiger partial charge in [0.25, 0.3) is 5.91 Å². The molecule has 1 saturated carbocycles. The van der Waals surface area contributed by atoms with E-state index in [1.54, 1.807) is 6.92 Å². The second-order valence-electron chi connectivity index (χ2n) is 3.97. The number of amides is 1. The van der Waals surface area contributed by atoms with E-state index in [9.17, 15) is 9.59 Å². The van der Waals surface area contributed by atoms with Crippen LogP contribution in [0.4, 0.5) is 0 Å². The van der Waals surface area contributed by atoms with Crippen molar-refractivity contribution < 1.29 is 9.59 Å². The molecule has 16 heavy (non-hydrogen) atoms. The molecule has 1 heterocycles. The molecule has 0 unspecified atom stereocenters. The van der Waals surface area contributed by atoms with Crippen LogP contribution in [0.3, 0.4) is 0 Å². The van der Waals surface area contributed by atoms with Gasteiger partial charge in [0.1, 0.15) is 10.7 Å². The summed E-state index contributed by atoms with van der Waals surface area (Å²) in [5.74, 6) is 0.174. The van der Waals surface area contributed by atoms with E-state index in [1.165, 1.54) is 0 Å². The molecule has 0 saturated heterocycles. The highest BCUT2D eigenvalue weighted by Gasteiger charge is 2.22. The molecule has 1 aromatic rings. The van der Waals surface area contributed by atoms with Crippen molar-refractivity contribution in [1.82, 2.24) is 14.9 Å². The molecule has 86 valence electrons. The summed E-state index contributed by atoms with van der Waals surface area (Å²) < 4.78 is 3.72. The number of hydrogen-bond acceptors (Lipinski definition) is 5. The van der Waals surface area contributed by atoms with Crippen LogP contribution in [-0.4, -0.2) is 27.3 Å². The lowest BCUT2D eigenvalue weighted by molar-refractivity contribution is -0.120. The van der Waals surface area contributed by atoms with Crippen LogP contribution in [-0.2, 0) is 4.79 Å². The van der Waals surface area contributed by atoms with Crippen LogP contribution in [0.2, 0.25) is 0 Å². The normalized spacial score (nSPS) is 17.4. The molecule has 1 N–H and O–H groups in total. The number of ketones is 1. The molecule has 1 aliphatic carbocycles. The molecule has 2 rings (SSSR count). The third-order valence-electron chi connectivity index (χ3n) is 2.74. The van der Waals surface area contributed by atoms with Crippen molar-refractivity contribution >= 4 is 23.2 Å². The number of carbonyl (C=O) groups is 2. The highest BCUT2D eigenvalue weighted by molar-refractivity contribution is 7.08. The number of hydrogen-bond donors (Lipinski definition) is 1. The first-order valence-electron chi connectivity index (χ1n) is 5.28. The Bertz CT molecular complexity index is 406. The van der Waals surface area contributed by atoms with Crippen LogP contribution in [0.5, 0.6) is 0 Å². The Morgan fingerprint density at radius 2 is 2.12 bits per heavy atom. The first kappa shape index (κ1) is 11.2. The molecule has 0 aromatic carbocycles. The van der Waals surface area contributed by atoms with E-state index >= 15 is 0 Å². The van der Waals surface area contributed by atoms with Gasteiger partial charge in [0.2, 0.25) is 0 Å². The van der Waals surface area contributed by atoms with Gasteiger partial charge in [-0.25, -0.2) is 0 Å². The zero-order chi connectivity index (χ0) is 11.5. The molecule has 1 aliphatic rings. The van der Waals surface area contributed by atoms with Gasteiger partial charge in [-0.3, -0.25) is 9.59 Å². The summed E-state index contributed by atoms with van der Waals surface area (Å²) in [4.78, 5) is 23.4. The fourth-order valence-corrected chi connectivity index (χ4v) is 2.33. The number of Topliss-reactive ketones (excluding diaryl/α,β-unsaturated/α-hetero) is 1. The van der Waals surface area contributed by atoms with Crippen LogP contribution in [0.1, 0.15) is 41.0 Å². The van der Waals surface area contributed by atoms with Crippen LogP contribution in [0.25, 0.3) is 0 Å². The summed E-state index contributed by atoms with van der Waals surface area (Å²) in [6.07, 6.45) is 2.64. The standard InChI is InChI=1S/C10H13N3O2S/c1-6-9(16-13-12-6)10(15)11-7-2-4-8(14)5-3-7/h7H,2-5H2,1H3,(H,11,15). The lowest BCUT2D eigenvalue weighted by Gasteiger charge is -2.21. The van der Waals surface area contributed by atoms with E-state index in [0.717, 1.165) is 24.4 Å². The average Bonchev–Trinajstić information content (AvgIpc) is 2.68. The van der Waals surface area contributed by atoms with Crippen molar-refractivity contribution in [3.05, 3.63) is 10.6 Å². The summed E-state index contributed by atoms with van der Waals surface area (Å²) in [5.41, 5.74) is 0.661. The maximum Gasteiger partial charge on any atom is 0.265 e. The lowest BCUT2D eigenvalue weighted by atomic mass is 9.94. The maximum atomic E-state index is 11.8. The molecule has 1 amide bonds. The molecular weight excluding hydrogens is 226 g/mol. The Kier molecular flexibility index (Phi) is 3.28. The Hall–Kier alpha value is -1.30. The van der Waals surface area contributed by atoms with E-state index in [4.69, 9.17) is 0 Å². The molecular formula is C10H13N3O2S. The number of nitrogens with one attached hydrogen (secondary N) is 1. The van der Waals surface area contributed by atoms with Crippen molar-refractivity contribution in [2.45, 2.75) is 38.6 Å². The predicted octanol–water partition coefficient (Wildman–Crippen LogP) is 1.09. The molecule has 0 bridgehead atoms. The summed E-state index contributed by atoms with van der Waals surface area (Å²) in [6, 6.07) is 0.117. The molecule has 0 atom stereocenters. The fraction of sp³-hybridized carbons (Fsp3) is 0.600. The van der Waals surface area contributed by atoms with Crippen LogP contribution in [0.15, 0.2) is 0 Å². The molecule has 1 fully saturated rings. The van der Waals surface area contributed by atoms with Crippen molar-refractivity contribution in [2.24, 2.45) is 0 Å². The van der Waals surface area contributed by atoms with E-state index in [0.29, 0.717) is 29.2 Å². The van der Waals surface area contributed by atoms with Crippen molar-refractivity contribution in [1.29, 1.82) is 0 Å². The zero-order valence-electron chi connectivity index (χ0n) is 9.02. The second kappa shape index (κ2) is 4.69. The number of aromatic nitrogens is 2. The molecule has 5 nitrogen and oxygen atoms in total. The summed E-state index contributed by atoms with van der Waals surface area (Å²) >= 11 is 1.11. The summed E-state index contributed by atoms with van der Waals surface area (Å²) in [6.45, 7) is 1.77. The molecule has 0 radical (unpaired) electrons. The van der Waals surface area contributed by atoms with Gasteiger partial charge in [-0.1, -0.05) is 4.49 Å². The van der Waals surface area contributed by atoms with Gasteiger partial charge in [0.15, 0.2) is 0 Å². The minimum Gasteiger partial charge on any atom is -0.348 e. The number of carbonyl (C=O) groups excluding carboxylic acids is 2. The highest BCUT2D eigenvalue weighted by Crippen LogP contribution is 2.16. The van der Waals surface area contributed by atoms with Crippen LogP contribution < -0.4 is 5.32 Å². The second-order valence-corrected chi connectivity index (χ2v) is 4.73. The van der Waals surface area contributed by atoms with Crippen LogP contribution >= 0.6 is 11.5 Å². The predicted molar refractivity (Wildman–Crippen MR) is 59.4 cm³/mol. The molecule has 0 spiro atoms. The molecule has 6 heteroatoms. The van der Waals surface area contributed by atoms with Gasteiger partial charge in [0.05, 0.1) is 5.69 Å². The van der Waals surface area contributed by atoms with Crippen molar-refractivity contribution in [3.63, 3.8) is 0 Å². The van der Waals surface area contributed by atoms with Crippen LogP contribution in [0, 0.1) is 6.92 Å². The minimum atomic E-state index is -0.119. The third kappa shape index (κ3) is 2.44. The SMILES string of the molecule is Cc1nnsc1C(=O)NC1CCC(=O)CC1. The van der Waals surface area contributed by atoms with Gasteiger partial charge in [-0.2, -0.15) is 0 Å². The third-order valence-corrected chi connectivity index (χ3v) is 3.56. The van der Waals surface area contributed by atoms with Crippen molar-refractivity contribution in [2.75, 3.05) is 0 Å². The largest absolute Gasteiger partial charge is 0.348 e. The Morgan fingerprint density at radius 1 is 1.44 bits per heavy atom. The topological polar surface area (TPSA) is 72.0 Å². The fourth-order valence-electron chi connectivity index (χ4n) is 1.77. The van der Waals surface area contributed by atoms with Gasteiger partial charge in [-0.15, -0.1) is 5.10 Å². The number of nitrogens with zero attached hydrogens (tertiary/aromatic N) is 2. The summed E-state index contributed by atoms with van der Waals surface area (Å²) in [7, 11) is 0. The zero-order valence-corrected chi connectivity index (χ0v) is 9.84. The number of aryl methyl sites for hydroxylation is 1. The smallest absolute Gasteiger partial charge is 0.265 e. The monoisotopic (exact) mass is 239 g/mol. The highest BCUT2D eigenvalue weighted by atomic mass is 32.1. The van der Waals surface area contributed by atoms with Crippen molar-refractivity contribution in [3.8, 4) is 0 Å². The average molecular weight is 239 g/mol. The Labute approximate surface area is 97.4 Å². The maximum absolute atomic E-state index is 11.8. The lowest BCUT2D eigenvalue weighted by Crippen LogP contribution is -2.37. The first-order valence-corrected chi connectivity index (χ1v) is 6.05. The Balaban J connectivity index is 1.93. The first-order chi connectivity index (χ1) is 7.66. The van der Waals surface area contributed by atoms with Gasteiger partial charge >= 0.3 is 0 Å². The molecule has 1 aromatic heterocycles. The number of rotatable bonds is 2. The van der Waals surface area contributed by atoms with E-state index in [2.05, 4.69) is 14.9 Å². The van der Waals surface area contributed by atoms with Gasteiger partial charge in [0, 0.05) is 18.9 Å².